The van der Waals surface area contributed by atoms with Gasteiger partial charge in [0.25, 0.3) is 0 Å². The number of nitrogens with zero attached hydrogens (tertiary/aromatic N) is 1. The van der Waals surface area contributed by atoms with Crippen LogP contribution in [0.2, 0.25) is 0 Å². The van der Waals surface area contributed by atoms with Gasteiger partial charge in [0, 0.05) is 23.2 Å². The Hall–Kier alpha value is -2.62. The molecule has 3 rings (SSSR count). The van der Waals surface area contributed by atoms with E-state index in [2.05, 4.69) is 4.98 Å². The van der Waals surface area contributed by atoms with Gasteiger partial charge in [-0.05, 0) is 30.7 Å². The van der Waals surface area contributed by atoms with Crippen molar-refractivity contribution >= 4 is 16.7 Å². The summed E-state index contributed by atoms with van der Waals surface area (Å²) in [7, 11) is 0. The largest absolute Gasteiger partial charge is 0.288 e. The van der Waals surface area contributed by atoms with Crippen LogP contribution in [0.4, 0.5) is 8.78 Å². The second kappa shape index (κ2) is 5.05. The van der Waals surface area contributed by atoms with Gasteiger partial charge >= 0.3 is 0 Å². The minimum atomic E-state index is -0.865. The fourth-order valence-electron chi connectivity index (χ4n) is 2.26. The zero-order valence-corrected chi connectivity index (χ0v) is 11.2. The highest BCUT2D eigenvalue weighted by Gasteiger charge is 2.18. The van der Waals surface area contributed by atoms with Gasteiger partial charge in [0.15, 0.2) is 5.78 Å². The van der Waals surface area contributed by atoms with Gasteiger partial charge in [0.2, 0.25) is 0 Å². The molecule has 4 heteroatoms. The zero-order chi connectivity index (χ0) is 15.0. The summed E-state index contributed by atoms with van der Waals surface area (Å²) in [5.74, 6) is -2.03. The summed E-state index contributed by atoms with van der Waals surface area (Å²) in [5, 5.41) is 0.794. The Bertz CT molecular complexity index is 853. The topological polar surface area (TPSA) is 30.0 Å². The maximum absolute atomic E-state index is 13.9. The van der Waals surface area contributed by atoms with E-state index in [4.69, 9.17) is 0 Å². The van der Waals surface area contributed by atoms with Gasteiger partial charge in [-0.1, -0.05) is 18.2 Å². The molecule has 0 amide bonds. The molecule has 0 saturated carbocycles. The zero-order valence-electron chi connectivity index (χ0n) is 11.2. The van der Waals surface area contributed by atoms with E-state index < -0.39 is 17.4 Å². The molecule has 0 saturated heterocycles. The Morgan fingerprint density at radius 3 is 2.57 bits per heavy atom. The van der Waals surface area contributed by atoms with E-state index in [1.165, 1.54) is 13.0 Å². The third-order valence-electron chi connectivity index (χ3n) is 3.37. The Balaban J connectivity index is 2.20. The smallest absolute Gasteiger partial charge is 0.198 e. The maximum Gasteiger partial charge on any atom is 0.198 e. The monoisotopic (exact) mass is 283 g/mol. The van der Waals surface area contributed by atoms with Gasteiger partial charge in [-0.25, -0.2) is 8.78 Å². The lowest BCUT2D eigenvalue weighted by atomic mass is 9.98. The summed E-state index contributed by atoms with van der Waals surface area (Å²) in [4.78, 5) is 16.7. The molecular weight excluding hydrogens is 272 g/mol. The lowest BCUT2D eigenvalue weighted by Crippen LogP contribution is -2.07. The molecule has 1 aromatic heterocycles. The number of ketones is 1. The first-order valence-electron chi connectivity index (χ1n) is 6.42. The summed E-state index contributed by atoms with van der Waals surface area (Å²) in [6.45, 7) is 1.49. The Morgan fingerprint density at radius 1 is 1.00 bits per heavy atom. The highest BCUT2D eigenvalue weighted by Crippen LogP contribution is 2.22. The first kappa shape index (κ1) is 13.4. The van der Waals surface area contributed by atoms with Crippen molar-refractivity contribution in [3.8, 4) is 0 Å². The van der Waals surface area contributed by atoms with Crippen molar-refractivity contribution in [3.05, 3.63) is 77.0 Å². The number of halogens is 2. The fourth-order valence-corrected chi connectivity index (χ4v) is 2.26. The minimum Gasteiger partial charge on any atom is -0.288 e. The average Bonchev–Trinajstić information content (AvgIpc) is 2.49. The number of rotatable bonds is 2. The quantitative estimate of drug-likeness (QED) is 0.664. The van der Waals surface area contributed by atoms with Crippen molar-refractivity contribution in [2.75, 3.05) is 0 Å². The number of pyridine rings is 1. The normalized spacial score (nSPS) is 10.8. The van der Waals surface area contributed by atoms with E-state index in [-0.39, 0.29) is 11.1 Å². The molecule has 0 spiro atoms. The van der Waals surface area contributed by atoms with Crippen molar-refractivity contribution in [2.24, 2.45) is 0 Å². The maximum atomic E-state index is 13.9. The lowest BCUT2D eigenvalue weighted by molar-refractivity contribution is 0.103. The number of hydrogen-bond acceptors (Lipinski definition) is 2. The second-order valence-electron chi connectivity index (χ2n) is 4.79. The highest BCUT2D eigenvalue weighted by atomic mass is 19.1. The third kappa shape index (κ3) is 2.29. The molecule has 1 heterocycles. The molecule has 0 radical (unpaired) electrons. The van der Waals surface area contributed by atoms with Crippen LogP contribution in [-0.4, -0.2) is 10.8 Å². The third-order valence-corrected chi connectivity index (χ3v) is 3.37. The van der Waals surface area contributed by atoms with Crippen LogP contribution in [0.1, 0.15) is 21.5 Å². The molecule has 3 aromatic rings. The first-order chi connectivity index (χ1) is 10.1. The van der Waals surface area contributed by atoms with E-state index in [0.29, 0.717) is 11.1 Å². The number of carbonyl (C=O) groups excluding carboxylic acids is 1. The second-order valence-corrected chi connectivity index (χ2v) is 4.79. The number of hydrogen-bond donors (Lipinski definition) is 0. The number of aryl methyl sites for hydroxylation is 1. The molecule has 0 fully saturated rings. The van der Waals surface area contributed by atoms with Crippen LogP contribution in [0.15, 0.2) is 48.7 Å². The molecule has 0 bridgehead atoms. The van der Waals surface area contributed by atoms with Crippen LogP contribution >= 0.6 is 0 Å². The van der Waals surface area contributed by atoms with Crippen molar-refractivity contribution in [2.45, 2.75) is 6.92 Å². The van der Waals surface area contributed by atoms with E-state index >= 15 is 0 Å². The first-order valence-corrected chi connectivity index (χ1v) is 6.42. The fraction of sp³-hybridized carbons (Fsp3) is 0.0588. The number of para-hydroxylation sites is 1. The molecule has 104 valence electrons. The van der Waals surface area contributed by atoms with Crippen LogP contribution in [0.25, 0.3) is 10.9 Å². The van der Waals surface area contributed by atoms with Crippen molar-refractivity contribution in [3.63, 3.8) is 0 Å². The van der Waals surface area contributed by atoms with Crippen molar-refractivity contribution in [1.29, 1.82) is 0 Å². The van der Waals surface area contributed by atoms with Crippen molar-refractivity contribution < 1.29 is 13.6 Å². The van der Waals surface area contributed by atoms with E-state index in [9.17, 15) is 13.6 Å². The molecule has 0 aliphatic rings. The molecule has 21 heavy (non-hydrogen) atoms. The summed E-state index contributed by atoms with van der Waals surface area (Å²) in [5.41, 5.74) is 0.893. The standard InChI is InChI=1S/C17H11F2NO/c1-10-8-13(15(19)9-14(10)18)17(21)12-6-2-4-11-5-3-7-20-16(11)12/h2-9H,1H3. The minimum absolute atomic E-state index is 0.146. The van der Waals surface area contributed by atoms with E-state index in [1.807, 2.05) is 12.1 Å². The summed E-state index contributed by atoms with van der Waals surface area (Å²) in [6.07, 6.45) is 1.57. The molecule has 2 nitrogen and oxygen atoms in total. The molecule has 0 aliphatic carbocycles. The SMILES string of the molecule is Cc1cc(C(=O)c2cccc3cccnc23)c(F)cc1F. The average molecular weight is 283 g/mol. The Morgan fingerprint density at radius 2 is 1.76 bits per heavy atom. The van der Waals surface area contributed by atoms with Crippen LogP contribution in [0.5, 0.6) is 0 Å². The van der Waals surface area contributed by atoms with Gasteiger partial charge in [0.1, 0.15) is 11.6 Å². The van der Waals surface area contributed by atoms with Crippen molar-refractivity contribution in [1.82, 2.24) is 4.98 Å². The van der Waals surface area contributed by atoms with E-state index in [0.717, 1.165) is 11.5 Å². The predicted octanol–water partition coefficient (Wildman–Crippen LogP) is 4.05. The number of fused-ring (bicyclic) bond motifs is 1. The lowest BCUT2D eigenvalue weighted by Gasteiger charge is -2.07. The van der Waals surface area contributed by atoms with Gasteiger partial charge < -0.3 is 0 Å². The highest BCUT2D eigenvalue weighted by molar-refractivity contribution is 6.15. The molecule has 0 N–H and O–H groups in total. The van der Waals surface area contributed by atoms with E-state index in [1.54, 1.807) is 24.4 Å². The van der Waals surface area contributed by atoms with Gasteiger partial charge in [0.05, 0.1) is 11.1 Å². The molecular formula is C17H11F2NO. The van der Waals surface area contributed by atoms with Gasteiger partial charge in [-0.15, -0.1) is 0 Å². The summed E-state index contributed by atoms with van der Waals surface area (Å²) < 4.78 is 27.2. The molecule has 0 atom stereocenters. The van der Waals surface area contributed by atoms with Gasteiger partial charge in [-0.3, -0.25) is 9.78 Å². The number of benzene rings is 2. The van der Waals surface area contributed by atoms with Crippen LogP contribution in [0, 0.1) is 18.6 Å². The summed E-state index contributed by atoms with van der Waals surface area (Å²) in [6, 6.07) is 10.7. The van der Waals surface area contributed by atoms with Crippen LogP contribution in [-0.2, 0) is 0 Å². The summed E-state index contributed by atoms with van der Waals surface area (Å²) >= 11 is 0. The number of aromatic nitrogens is 1. The van der Waals surface area contributed by atoms with Crippen LogP contribution in [0.3, 0.4) is 0 Å². The predicted molar refractivity (Wildman–Crippen MR) is 76.3 cm³/mol. The van der Waals surface area contributed by atoms with Gasteiger partial charge in [-0.2, -0.15) is 0 Å². The molecule has 0 unspecified atom stereocenters. The molecule has 0 aliphatic heterocycles. The number of carbonyl (C=O) groups is 1. The molecule has 2 aromatic carbocycles. The Kier molecular flexibility index (Phi) is 3.22. The van der Waals surface area contributed by atoms with Crippen LogP contribution < -0.4 is 0 Å². The Labute approximate surface area is 120 Å².